The maximum absolute atomic E-state index is 6.66. The van der Waals surface area contributed by atoms with Gasteiger partial charge in [0.1, 0.15) is 12.1 Å². The van der Waals surface area contributed by atoms with Crippen molar-refractivity contribution in [3.05, 3.63) is 46.5 Å². The summed E-state index contributed by atoms with van der Waals surface area (Å²) in [6, 6.07) is 5.28. The summed E-state index contributed by atoms with van der Waals surface area (Å²) >= 11 is 13.1. The first-order valence-corrected chi connectivity index (χ1v) is 9.46. The first-order chi connectivity index (χ1) is 14.6. The molecule has 0 spiro atoms. The van der Waals surface area contributed by atoms with E-state index in [0.717, 1.165) is 5.56 Å². The Hall–Kier alpha value is -3.01. The lowest BCUT2D eigenvalue weighted by atomic mass is 10.2. The van der Waals surface area contributed by atoms with Crippen LogP contribution in [-0.2, 0) is 11.3 Å². The van der Waals surface area contributed by atoms with Crippen LogP contribution in [-0.4, -0.2) is 51.0 Å². The number of methoxy groups -OCH3 is 3. The van der Waals surface area contributed by atoms with E-state index in [-0.39, 0.29) is 28.4 Å². The third kappa shape index (κ3) is 3.41. The fourth-order valence-electron chi connectivity index (χ4n) is 3.02. The van der Waals surface area contributed by atoms with Gasteiger partial charge >= 0.3 is 0 Å². The van der Waals surface area contributed by atoms with Gasteiger partial charge in [0.2, 0.25) is 0 Å². The second-order valence-electron chi connectivity index (χ2n) is 6.08. The van der Waals surface area contributed by atoms with E-state index in [9.17, 15) is 0 Å². The number of rotatable bonds is 6. The molecule has 3 aromatic heterocycles. The average Bonchev–Trinajstić information content (AvgIpc) is 3.18. The van der Waals surface area contributed by atoms with Gasteiger partial charge in [-0.3, -0.25) is 9.55 Å². The molecule has 1 aromatic carbocycles. The van der Waals surface area contributed by atoms with Crippen LogP contribution in [0.5, 0.6) is 11.8 Å². The highest BCUT2D eigenvalue weighted by atomic mass is 35.5. The second kappa shape index (κ2) is 8.39. The van der Waals surface area contributed by atoms with E-state index in [4.69, 9.17) is 37.4 Å². The van der Waals surface area contributed by atoms with E-state index in [1.165, 1.54) is 14.2 Å². The van der Waals surface area contributed by atoms with Crippen molar-refractivity contribution in [1.29, 1.82) is 0 Å². The van der Waals surface area contributed by atoms with Gasteiger partial charge in [0.25, 0.3) is 11.8 Å². The molecule has 30 heavy (non-hydrogen) atoms. The molecule has 0 atom stereocenters. The largest absolute Gasteiger partial charge is 0.477 e. The number of halogens is 2. The summed E-state index contributed by atoms with van der Waals surface area (Å²) in [5.41, 5.74) is 2.07. The highest BCUT2D eigenvalue weighted by molar-refractivity contribution is 6.44. The van der Waals surface area contributed by atoms with Crippen LogP contribution in [0.1, 0.15) is 5.82 Å². The molecule has 3 heterocycles. The fraction of sp³-hybridized carbons (Fsp3) is 0.211. The van der Waals surface area contributed by atoms with Gasteiger partial charge in [-0.05, 0) is 18.2 Å². The number of hydrogen-bond acceptors (Lipinski definition) is 8. The van der Waals surface area contributed by atoms with Crippen LogP contribution in [0.4, 0.5) is 0 Å². The zero-order valence-corrected chi connectivity index (χ0v) is 17.8. The monoisotopic (exact) mass is 446 g/mol. The molecule has 0 aliphatic rings. The summed E-state index contributed by atoms with van der Waals surface area (Å²) in [5, 5.41) is 9.13. The topological polar surface area (TPSA) is 97.1 Å². The molecule has 0 aliphatic heterocycles. The van der Waals surface area contributed by atoms with Crippen LogP contribution in [0, 0.1) is 0 Å². The van der Waals surface area contributed by atoms with Gasteiger partial charge in [0.15, 0.2) is 11.6 Å². The maximum atomic E-state index is 6.66. The summed E-state index contributed by atoms with van der Waals surface area (Å²) < 4.78 is 17.6. The van der Waals surface area contributed by atoms with Crippen molar-refractivity contribution in [3.63, 3.8) is 0 Å². The van der Waals surface area contributed by atoms with Crippen LogP contribution >= 0.6 is 23.2 Å². The van der Waals surface area contributed by atoms with Crippen molar-refractivity contribution in [1.82, 2.24) is 29.7 Å². The minimum Gasteiger partial charge on any atom is -0.477 e. The molecule has 0 saturated heterocycles. The number of pyridine rings is 1. The van der Waals surface area contributed by atoms with E-state index in [1.54, 1.807) is 36.2 Å². The molecule has 4 rings (SSSR count). The van der Waals surface area contributed by atoms with Crippen molar-refractivity contribution in [2.45, 2.75) is 6.61 Å². The fourth-order valence-corrected chi connectivity index (χ4v) is 3.44. The molecule has 0 fully saturated rings. The Morgan fingerprint density at radius 2 is 1.80 bits per heavy atom. The predicted molar refractivity (Wildman–Crippen MR) is 112 cm³/mol. The first kappa shape index (κ1) is 20.3. The Morgan fingerprint density at radius 3 is 2.47 bits per heavy atom. The van der Waals surface area contributed by atoms with Crippen molar-refractivity contribution in [3.8, 4) is 28.8 Å². The van der Waals surface area contributed by atoms with E-state index in [1.807, 2.05) is 6.07 Å². The average molecular weight is 447 g/mol. The van der Waals surface area contributed by atoms with Crippen LogP contribution in [0.2, 0.25) is 10.0 Å². The number of hydrogen-bond donors (Lipinski definition) is 0. The van der Waals surface area contributed by atoms with Crippen molar-refractivity contribution >= 4 is 34.2 Å². The molecule has 0 unspecified atom stereocenters. The third-order valence-electron chi connectivity index (χ3n) is 4.30. The smallest absolute Gasteiger partial charge is 0.278 e. The Labute approximate surface area is 181 Å². The van der Waals surface area contributed by atoms with Gasteiger partial charge in [-0.25, -0.2) is 9.97 Å². The third-order valence-corrected chi connectivity index (χ3v) is 5.08. The van der Waals surface area contributed by atoms with Gasteiger partial charge in [-0.15, -0.1) is 10.2 Å². The number of ether oxygens (including phenoxy) is 3. The predicted octanol–water partition coefficient (Wildman–Crippen LogP) is 3.74. The molecule has 0 amide bonds. The zero-order chi connectivity index (χ0) is 21.3. The van der Waals surface area contributed by atoms with Gasteiger partial charge in [0, 0.05) is 25.1 Å². The van der Waals surface area contributed by atoms with Gasteiger partial charge in [-0.2, -0.15) is 0 Å². The lowest BCUT2D eigenvalue weighted by Crippen LogP contribution is -2.08. The number of fused-ring (bicyclic) bond motifs is 1. The van der Waals surface area contributed by atoms with Crippen molar-refractivity contribution in [2.75, 3.05) is 21.3 Å². The molecule has 11 heteroatoms. The maximum Gasteiger partial charge on any atom is 0.278 e. The summed E-state index contributed by atoms with van der Waals surface area (Å²) in [7, 11) is 4.52. The number of aromatic nitrogens is 6. The minimum atomic E-state index is 0.179. The highest BCUT2D eigenvalue weighted by Gasteiger charge is 2.24. The van der Waals surface area contributed by atoms with E-state index in [2.05, 4.69) is 25.1 Å². The van der Waals surface area contributed by atoms with E-state index >= 15 is 0 Å². The molecule has 9 nitrogen and oxygen atoms in total. The molecule has 0 radical (unpaired) electrons. The molecular formula is C19H16Cl2N6O3. The van der Waals surface area contributed by atoms with Crippen LogP contribution in [0.3, 0.4) is 0 Å². The normalized spacial score (nSPS) is 11.1. The van der Waals surface area contributed by atoms with Crippen molar-refractivity contribution < 1.29 is 14.2 Å². The Morgan fingerprint density at radius 1 is 1.03 bits per heavy atom. The second-order valence-corrected chi connectivity index (χ2v) is 6.87. The SMILES string of the molecule is COCc1nnc(-c2cccnc2)n1-c1c(Cl)c(Cl)cc2nc(OC)c(OC)nc12. The lowest BCUT2D eigenvalue weighted by Gasteiger charge is -2.16. The summed E-state index contributed by atoms with van der Waals surface area (Å²) in [5.74, 6) is 1.42. The van der Waals surface area contributed by atoms with E-state index in [0.29, 0.717) is 28.4 Å². The van der Waals surface area contributed by atoms with Crippen LogP contribution < -0.4 is 9.47 Å². The summed E-state index contributed by atoms with van der Waals surface area (Å²) in [6.07, 6.45) is 3.34. The minimum absolute atomic E-state index is 0.179. The molecule has 0 aliphatic carbocycles. The molecule has 4 aromatic rings. The quantitative estimate of drug-likeness (QED) is 0.441. The summed E-state index contributed by atoms with van der Waals surface area (Å²) in [4.78, 5) is 13.2. The summed E-state index contributed by atoms with van der Waals surface area (Å²) in [6.45, 7) is 0.179. The first-order valence-electron chi connectivity index (χ1n) is 8.70. The highest BCUT2D eigenvalue weighted by Crippen LogP contribution is 2.39. The van der Waals surface area contributed by atoms with Crippen molar-refractivity contribution in [2.24, 2.45) is 0 Å². The lowest BCUT2D eigenvalue weighted by molar-refractivity contribution is 0.176. The van der Waals surface area contributed by atoms with Gasteiger partial charge in [-0.1, -0.05) is 23.2 Å². The number of benzene rings is 1. The van der Waals surface area contributed by atoms with Gasteiger partial charge in [0.05, 0.1) is 35.5 Å². The zero-order valence-electron chi connectivity index (χ0n) is 16.3. The molecule has 154 valence electrons. The standard InChI is InChI=1S/C19H16Cl2N6O3/c1-28-9-13-25-26-17(10-5-4-6-22-8-10)27(13)16-14(21)11(20)7-12-15(16)24-19(30-3)18(23-12)29-2/h4-8H,9H2,1-3H3. The van der Waals surface area contributed by atoms with Gasteiger partial charge < -0.3 is 14.2 Å². The van der Waals surface area contributed by atoms with Crippen LogP contribution in [0.25, 0.3) is 28.1 Å². The Balaban J connectivity index is 2.11. The number of nitrogens with zero attached hydrogens (tertiary/aromatic N) is 6. The Bertz CT molecular complexity index is 1220. The Kier molecular flexibility index (Phi) is 5.67. The molecular weight excluding hydrogens is 431 g/mol. The molecule has 0 bridgehead atoms. The molecule has 0 N–H and O–H groups in total. The molecule has 0 saturated carbocycles. The van der Waals surface area contributed by atoms with Crippen LogP contribution in [0.15, 0.2) is 30.6 Å². The van der Waals surface area contributed by atoms with E-state index < -0.39 is 0 Å².